The summed E-state index contributed by atoms with van der Waals surface area (Å²) in [5.74, 6) is 0. The van der Waals surface area contributed by atoms with E-state index in [1.807, 2.05) is 24.4 Å². The van der Waals surface area contributed by atoms with Crippen LogP contribution in [0, 0.1) is 0 Å². The van der Waals surface area contributed by atoms with E-state index in [9.17, 15) is 0 Å². The molecule has 0 aromatic carbocycles. The molecule has 3 N–H and O–H groups in total. The first kappa shape index (κ1) is 18.6. The fraction of sp³-hybridized carbons (Fsp3) is 0.619. The van der Waals surface area contributed by atoms with Crippen LogP contribution in [0.3, 0.4) is 0 Å². The van der Waals surface area contributed by atoms with Crippen LogP contribution in [0.2, 0.25) is 0 Å². The Morgan fingerprint density at radius 1 is 1.30 bits per heavy atom. The molecule has 1 spiro atoms. The quantitative estimate of drug-likeness (QED) is 0.674. The third-order valence-corrected chi connectivity index (χ3v) is 6.02. The Morgan fingerprint density at radius 2 is 2.15 bits per heavy atom. The Labute approximate surface area is 161 Å². The molecule has 2 atom stereocenters. The van der Waals surface area contributed by atoms with Gasteiger partial charge in [-0.1, -0.05) is 13.0 Å². The third kappa shape index (κ3) is 3.42. The Kier molecular flexibility index (Phi) is 5.57. The molecular weight excluding hydrogens is 338 g/mol. The maximum atomic E-state index is 6.31. The lowest BCUT2D eigenvalue weighted by Crippen LogP contribution is -2.55. The minimum absolute atomic E-state index is 0.162. The standard InChI is InChI=1S/C21H31N5O/c1-2-19-25-20-17(22)6-7-18-21(20,10-5-12-24-18)26(19)13-4-3-11-23-16-8-14-27-15-9-16/h5-7,10,12,16,19,23H,2-4,8-9,11,13-15,22H2,1H3. The number of aliphatic imine (C=N–C) groups is 2. The van der Waals surface area contributed by atoms with Crippen molar-refractivity contribution in [3.63, 3.8) is 0 Å². The van der Waals surface area contributed by atoms with Crippen LogP contribution >= 0.6 is 0 Å². The summed E-state index contributed by atoms with van der Waals surface area (Å²) in [6, 6.07) is 0.621. The average molecular weight is 370 g/mol. The second-order valence-corrected chi connectivity index (χ2v) is 7.69. The van der Waals surface area contributed by atoms with Crippen molar-refractivity contribution in [2.24, 2.45) is 15.7 Å². The smallest absolute Gasteiger partial charge is 0.128 e. The van der Waals surface area contributed by atoms with Gasteiger partial charge in [-0.2, -0.15) is 0 Å². The van der Waals surface area contributed by atoms with Crippen molar-refractivity contribution in [2.75, 3.05) is 26.3 Å². The normalized spacial score (nSPS) is 30.6. The van der Waals surface area contributed by atoms with Crippen LogP contribution < -0.4 is 11.1 Å². The summed E-state index contributed by atoms with van der Waals surface area (Å²) in [6.07, 6.45) is 15.8. The second kappa shape index (κ2) is 8.09. The largest absolute Gasteiger partial charge is 0.397 e. The molecule has 146 valence electrons. The van der Waals surface area contributed by atoms with Crippen molar-refractivity contribution in [1.29, 1.82) is 0 Å². The monoisotopic (exact) mass is 369 g/mol. The van der Waals surface area contributed by atoms with E-state index < -0.39 is 0 Å². The average Bonchev–Trinajstić information content (AvgIpc) is 3.03. The van der Waals surface area contributed by atoms with Gasteiger partial charge in [0, 0.05) is 32.0 Å². The molecule has 0 saturated carbocycles. The number of rotatable bonds is 7. The molecule has 6 heteroatoms. The van der Waals surface area contributed by atoms with E-state index in [-0.39, 0.29) is 11.7 Å². The lowest BCUT2D eigenvalue weighted by Gasteiger charge is -2.42. The molecule has 27 heavy (non-hydrogen) atoms. The zero-order chi connectivity index (χ0) is 18.7. The number of nitrogens with two attached hydrogens (primary N) is 1. The van der Waals surface area contributed by atoms with E-state index in [2.05, 4.69) is 28.2 Å². The van der Waals surface area contributed by atoms with Gasteiger partial charge in [0.1, 0.15) is 11.7 Å². The number of hydrogen-bond acceptors (Lipinski definition) is 6. The SMILES string of the molecule is CCC1N=C2C(N)=CC=C3N=CC=CC32N1CCCCNC1CCOCC1. The summed E-state index contributed by atoms with van der Waals surface area (Å²) in [4.78, 5) is 12.1. The molecule has 6 nitrogen and oxygen atoms in total. The lowest BCUT2D eigenvalue weighted by molar-refractivity contribution is 0.0778. The third-order valence-electron chi connectivity index (χ3n) is 6.02. The minimum Gasteiger partial charge on any atom is -0.397 e. The molecule has 1 fully saturated rings. The maximum absolute atomic E-state index is 6.31. The summed E-state index contributed by atoms with van der Waals surface area (Å²) >= 11 is 0. The fourth-order valence-corrected chi connectivity index (χ4v) is 4.59. The van der Waals surface area contributed by atoms with Gasteiger partial charge >= 0.3 is 0 Å². The molecule has 4 rings (SSSR count). The fourth-order valence-electron chi connectivity index (χ4n) is 4.59. The first-order valence-corrected chi connectivity index (χ1v) is 10.3. The highest BCUT2D eigenvalue weighted by atomic mass is 16.5. The van der Waals surface area contributed by atoms with Gasteiger partial charge in [-0.3, -0.25) is 14.9 Å². The molecule has 3 aliphatic heterocycles. The summed E-state index contributed by atoms with van der Waals surface area (Å²) in [5, 5.41) is 3.69. The Morgan fingerprint density at radius 3 is 2.96 bits per heavy atom. The molecule has 1 aliphatic carbocycles. The van der Waals surface area contributed by atoms with Crippen molar-refractivity contribution in [2.45, 2.75) is 56.8 Å². The number of nitrogens with one attached hydrogen (secondary N) is 1. The van der Waals surface area contributed by atoms with Crippen molar-refractivity contribution in [3.05, 3.63) is 35.7 Å². The van der Waals surface area contributed by atoms with Crippen LogP contribution in [-0.2, 0) is 4.74 Å². The van der Waals surface area contributed by atoms with E-state index in [1.165, 1.54) is 0 Å². The van der Waals surface area contributed by atoms with Gasteiger partial charge in [-0.25, -0.2) is 0 Å². The van der Waals surface area contributed by atoms with Crippen LogP contribution in [-0.4, -0.2) is 60.9 Å². The van der Waals surface area contributed by atoms with Crippen molar-refractivity contribution in [1.82, 2.24) is 10.2 Å². The summed E-state index contributed by atoms with van der Waals surface area (Å²) in [6.45, 7) is 6.04. The van der Waals surface area contributed by atoms with Crippen LogP contribution in [0.25, 0.3) is 0 Å². The van der Waals surface area contributed by atoms with E-state index >= 15 is 0 Å². The molecule has 0 aromatic heterocycles. The highest BCUT2D eigenvalue weighted by Gasteiger charge is 2.52. The molecule has 0 radical (unpaired) electrons. The zero-order valence-electron chi connectivity index (χ0n) is 16.2. The van der Waals surface area contributed by atoms with Gasteiger partial charge in [-0.15, -0.1) is 0 Å². The second-order valence-electron chi connectivity index (χ2n) is 7.69. The van der Waals surface area contributed by atoms with Gasteiger partial charge in [0.2, 0.25) is 0 Å². The summed E-state index contributed by atoms with van der Waals surface area (Å²) in [7, 11) is 0. The predicted octanol–water partition coefficient (Wildman–Crippen LogP) is 2.15. The number of nitrogens with zero attached hydrogens (tertiary/aromatic N) is 3. The van der Waals surface area contributed by atoms with Crippen LogP contribution in [0.15, 0.2) is 45.7 Å². The Balaban J connectivity index is 1.39. The van der Waals surface area contributed by atoms with Gasteiger partial charge in [0.25, 0.3) is 0 Å². The van der Waals surface area contributed by atoms with Gasteiger partial charge in [0.05, 0.1) is 17.1 Å². The van der Waals surface area contributed by atoms with Crippen molar-refractivity contribution >= 4 is 11.9 Å². The molecular formula is C21H31N5O. The topological polar surface area (TPSA) is 75.2 Å². The van der Waals surface area contributed by atoms with Gasteiger partial charge in [0.15, 0.2) is 0 Å². The van der Waals surface area contributed by atoms with Gasteiger partial charge < -0.3 is 15.8 Å². The highest BCUT2D eigenvalue weighted by molar-refractivity contribution is 6.13. The van der Waals surface area contributed by atoms with Gasteiger partial charge in [-0.05, 0) is 56.9 Å². The number of hydrogen-bond donors (Lipinski definition) is 2. The van der Waals surface area contributed by atoms with E-state index in [0.717, 1.165) is 75.5 Å². The minimum atomic E-state index is -0.373. The number of ether oxygens (including phenoxy) is 1. The summed E-state index contributed by atoms with van der Waals surface area (Å²) < 4.78 is 5.43. The molecule has 2 unspecified atom stereocenters. The van der Waals surface area contributed by atoms with Crippen molar-refractivity contribution in [3.8, 4) is 0 Å². The van der Waals surface area contributed by atoms with Crippen LogP contribution in [0.4, 0.5) is 0 Å². The number of allylic oxidation sites excluding steroid dienone is 3. The Hall–Kier alpha value is -1.76. The van der Waals surface area contributed by atoms with E-state index in [1.54, 1.807) is 0 Å². The number of unbranched alkanes of at least 4 members (excludes halogenated alkanes) is 1. The van der Waals surface area contributed by atoms with E-state index in [4.69, 9.17) is 15.5 Å². The maximum Gasteiger partial charge on any atom is 0.128 e. The van der Waals surface area contributed by atoms with Crippen LogP contribution in [0.1, 0.15) is 39.0 Å². The molecule has 0 amide bonds. The molecule has 4 aliphatic rings. The number of dihydropyridines is 1. The molecule has 3 heterocycles. The lowest BCUT2D eigenvalue weighted by atomic mass is 9.81. The summed E-state index contributed by atoms with van der Waals surface area (Å²) in [5.41, 5.74) is 8.72. The van der Waals surface area contributed by atoms with Crippen molar-refractivity contribution < 1.29 is 4.74 Å². The highest BCUT2D eigenvalue weighted by Crippen LogP contribution is 2.42. The molecule has 0 aromatic rings. The van der Waals surface area contributed by atoms with Crippen LogP contribution in [0.5, 0.6) is 0 Å². The Bertz CT molecular complexity index is 701. The molecule has 1 saturated heterocycles. The zero-order valence-corrected chi connectivity index (χ0v) is 16.2. The first-order chi connectivity index (χ1) is 13.3. The molecule has 0 bridgehead atoms. The van der Waals surface area contributed by atoms with E-state index in [0.29, 0.717) is 6.04 Å². The first-order valence-electron chi connectivity index (χ1n) is 10.3. The predicted molar refractivity (Wildman–Crippen MR) is 110 cm³/mol.